The van der Waals surface area contributed by atoms with Crippen LogP contribution in [0.4, 0.5) is 5.69 Å². The van der Waals surface area contributed by atoms with Crippen molar-refractivity contribution in [1.29, 1.82) is 0 Å². The van der Waals surface area contributed by atoms with Crippen LogP contribution in [0.15, 0.2) is 58.6 Å². The summed E-state index contributed by atoms with van der Waals surface area (Å²) < 4.78 is 1.61. The number of nitrogens with zero attached hydrogens (tertiary/aromatic N) is 3. The monoisotopic (exact) mass is 484 g/mol. The van der Waals surface area contributed by atoms with Crippen LogP contribution in [0, 0.1) is 13.8 Å². The number of rotatable bonds is 6. The van der Waals surface area contributed by atoms with Crippen molar-refractivity contribution in [1.82, 2.24) is 14.5 Å². The molecule has 0 saturated heterocycles. The molecular formula is C23H21ClN4O2S2. The number of pyridine rings is 1. The lowest BCUT2D eigenvalue weighted by Crippen LogP contribution is -2.27. The number of hydrogen-bond acceptors (Lipinski definition) is 6. The standard InChI is InChI=1S/C23H21ClN4O2S2/c1-13-14(2)31-21-19(13)22(30)28(12-18-8-4-5-10-25-18)23(27-21)32-15(3)20(29)26-17-9-6-7-16(24)11-17/h4-11,15H,12H2,1-3H3,(H,26,29). The highest BCUT2D eigenvalue weighted by Gasteiger charge is 2.22. The third-order valence-electron chi connectivity index (χ3n) is 5.04. The van der Waals surface area contributed by atoms with Crippen molar-refractivity contribution in [2.75, 3.05) is 5.32 Å². The van der Waals surface area contributed by atoms with E-state index in [9.17, 15) is 9.59 Å². The molecule has 6 nitrogen and oxygen atoms in total. The fourth-order valence-electron chi connectivity index (χ4n) is 3.21. The molecule has 3 heterocycles. The molecule has 164 valence electrons. The van der Waals surface area contributed by atoms with Gasteiger partial charge in [-0.2, -0.15) is 0 Å². The fraction of sp³-hybridized carbons (Fsp3) is 0.217. The smallest absolute Gasteiger partial charge is 0.263 e. The highest BCUT2D eigenvalue weighted by molar-refractivity contribution is 8.00. The van der Waals surface area contributed by atoms with Crippen LogP contribution in [0.3, 0.4) is 0 Å². The second kappa shape index (κ2) is 9.44. The first kappa shape index (κ1) is 22.5. The van der Waals surface area contributed by atoms with Crippen LogP contribution in [0.1, 0.15) is 23.1 Å². The van der Waals surface area contributed by atoms with Gasteiger partial charge in [-0.3, -0.25) is 19.1 Å². The number of halogens is 1. The minimum Gasteiger partial charge on any atom is -0.325 e. The Balaban J connectivity index is 1.69. The van der Waals surface area contributed by atoms with Gasteiger partial charge in [0.15, 0.2) is 5.16 Å². The van der Waals surface area contributed by atoms with E-state index in [1.807, 2.05) is 32.0 Å². The van der Waals surface area contributed by atoms with Gasteiger partial charge in [0.05, 0.1) is 22.9 Å². The van der Waals surface area contributed by atoms with Crippen molar-refractivity contribution in [3.8, 4) is 0 Å². The van der Waals surface area contributed by atoms with Gasteiger partial charge >= 0.3 is 0 Å². The molecule has 0 aliphatic heterocycles. The highest BCUT2D eigenvalue weighted by Crippen LogP contribution is 2.30. The molecule has 3 aromatic heterocycles. The number of fused-ring (bicyclic) bond motifs is 1. The van der Waals surface area contributed by atoms with Crippen molar-refractivity contribution in [2.24, 2.45) is 0 Å². The predicted octanol–water partition coefficient (Wildman–Crippen LogP) is 5.29. The molecule has 0 bridgehead atoms. The molecule has 1 amide bonds. The number of aromatic nitrogens is 3. The number of amides is 1. The molecule has 1 atom stereocenters. The first-order chi connectivity index (χ1) is 15.3. The van der Waals surface area contributed by atoms with Gasteiger partial charge in [0, 0.05) is 21.8 Å². The van der Waals surface area contributed by atoms with E-state index in [1.165, 1.54) is 23.1 Å². The minimum absolute atomic E-state index is 0.118. The van der Waals surface area contributed by atoms with Crippen molar-refractivity contribution < 1.29 is 4.79 Å². The number of carbonyl (C=O) groups excluding carboxylic acids is 1. The summed E-state index contributed by atoms with van der Waals surface area (Å²) in [4.78, 5) is 37.1. The van der Waals surface area contributed by atoms with E-state index >= 15 is 0 Å². The number of anilines is 1. The number of thioether (sulfide) groups is 1. The largest absolute Gasteiger partial charge is 0.325 e. The highest BCUT2D eigenvalue weighted by atomic mass is 35.5. The lowest BCUT2D eigenvalue weighted by atomic mass is 10.2. The van der Waals surface area contributed by atoms with E-state index in [-0.39, 0.29) is 18.0 Å². The van der Waals surface area contributed by atoms with Crippen molar-refractivity contribution in [3.05, 3.63) is 80.2 Å². The van der Waals surface area contributed by atoms with Gasteiger partial charge in [0.25, 0.3) is 5.56 Å². The average Bonchev–Trinajstić information content (AvgIpc) is 3.05. The van der Waals surface area contributed by atoms with Crippen molar-refractivity contribution in [2.45, 2.75) is 37.7 Å². The fourth-order valence-corrected chi connectivity index (χ4v) is 5.38. The summed E-state index contributed by atoms with van der Waals surface area (Å²) in [7, 11) is 0. The topological polar surface area (TPSA) is 76.9 Å². The summed E-state index contributed by atoms with van der Waals surface area (Å²) >= 11 is 8.76. The second-order valence-corrected chi connectivity index (χ2v) is 10.3. The van der Waals surface area contributed by atoms with Crippen LogP contribution in [0.5, 0.6) is 0 Å². The Morgan fingerprint density at radius 1 is 1.25 bits per heavy atom. The van der Waals surface area contributed by atoms with E-state index in [0.29, 0.717) is 26.1 Å². The first-order valence-corrected chi connectivity index (χ1v) is 12.0. The van der Waals surface area contributed by atoms with Crippen LogP contribution in [-0.4, -0.2) is 25.7 Å². The maximum Gasteiger partial charge on any atom is 0.263 e. The predicted molar refractivity (Wildman–Crippen MR) is 132 cm³/mol. The van der Waals surface area contributed by atoms with Gasteiger partial charge in [0.2, 0.25) is 5.91 Å². The zero-order valence-electron chi connectivity index (χ0n) is 17.8. The lowest BCUT2D eigenvalue weighted by molar-refractivity contribution is -0.115. The molecule has 32 heavy (non-hydrogen) atoms. The molecule has 4 rings (SSSR count). The minimum atomic E-state index is -0.490. The normalized spacial score (nSPS) is 12.1. The second-order valence-electron chi connectivity index (χ2n) is 7.33. The first-order valence-electron chi connectivity index (χ1n) is 9.97. The molecule has 1 aromatic carbocycles. The van der Waals surface area contributed by atoms with Gasteiger partial charge in [-0.05, 0) is 56.7 Å². The zero-order chi connectivity index (χ0) is 22.8. The Labute approximate surface area is 198 Å². The number of aryl methyl sites for hydroxylation is 2. The Bertz CT molecular complexity index is 1350. The van der Waals surface area contributed by atoms with Crippen molar-refractivity contribution in [3.63, 3.8) is 0 Å². The maximum absolute atomic E-state index is 13.4. The van der Waals surface area contributed by atoms with Gasteiger partial charge in [-0.1, -0.05) is 35.5 Å². The number of carbonyl (C=O) groups is 1. The summed E-state index contributed by atoms with van der Waals surface area (Å²) in [6, 6.07) is 12.6. The molecule has 1 N–H and O–H groups in total. The van der Waals surface area contributed by atoms with Gasteiger partial charge in [-0.25, -0.2) is 4.98 Å². The van der Waals surface area contributed by atoms with Gasteiger partial charge in [0.1, 0.15) is 4.83 Å². The number of thiophene rings is 1. The summed E-state index contributed by atoms with van der Waals surface area (Å²) in [5.41, 5.74) is 2.19. The number of hydrogen-bond donors (Lipinski definition) is 1. The SMILES string of the molecule is Cc1sc2nc(SC(C)C(=O)Nc3cccc(Cl)c3)n(Cc3ccccn3)c(=O)c2c1C. The van der Waals surface area contributed by atoms with Crippen LogP contribution < -0.4 is 10.9 Å². The quantitative estimate of drug-likeness (QED) is 0.297. The van der Waals surface area contributed by atoms with E-state index in [1.54, 1.807) is 42.0 Å². The third kappa shape index (κ3) is 4.72. The molecule has 0 fully saturated rings. The van der Waals surface area contributed by atoms with Crippen LogP contribution in [0.2, 0.25) is 5.02 Å². The van der Waals surface area contributed by atoms with E-state index < -0.39 is 5.25 Å². The molecular weight excluding hydrogens is 464 g/mol. The third-order valence-corrected chi connectivity index (χ3v) is 7.47. The van der Waals surface area contributed by atoms with Crippen LogP contribution in [0.25, 0.3) is 10.2 Å². The molecule has 0 saturated carbocycles. The van der Waals surface area contributed by atoms with Gasteiger partial charge < -0.3 is 5.32 Å². The average molecular weight is 485 g/mol. The number of benzene rings is 1. The maximum atomic E-state index is 13.4. The Morgan fingerprint density at radius 2 is 2.06 bits per heavy atom. The summed E-state index contributed by atoms with van der Waals surface area (Å²) in [5, 5.41) is 4.04. The zero-order valence-corrected chi connectivity index (χ0v) is 20.1. The molecule has 4 aromatic rings. The molecule has 0 aliphatic rings. The molecule has 9 heteroatoms. The molecule has 0 aliphatic carbocycles. The van der Waals surface area contributed by atoms with Crippen LogP contribution >= 0.6 is 34.7 Å². The Morgan fingerprint density at radius 3 is 2.78 bits per heavy atom. The molecule has 0 spiro atoms. The molecule has 0 radical (unpaired) electrons. The van der Waals surface area contributed by atoms with Gasteiger partial charge in [-0.15, -0.1) is 11.3 Å². The van der Waals surface area contributed by atoms with Crippen molar-refractivity contribution >= 4 is 56.5 Å². The summed E-state index contributed by atoms with van der Waals surface area (Å²) in [5.74, 6) is -0.200. The number of nitrogens with one attached hydrogen (secondary N) is 1. The van der Waals surface area contributed by atoms with Crippen LogP contribution in [-0.2, 0) is 11.3 Å². The van der Waals surface area contributed by atoms with E-state index in [4.69, 9.17) is 16.6 Å². The summed E-state index contributed by atoms with van der Waals surface area (Å²) in [6.45, 7) is 5.99. The lowest BCUT2D eigenvalue weighted by Gasteiger charge is -2.16. The van der Waals surface area contributed by atoms with E-state index in [2.05, 4.69) is 10.3 Å². The summed E-state index contributed by atoms with van der Waals surface area (Å²) in [6.07, 6.45) is 1.69. The Kier molecular flexibility index (Phi) is 6.64. The molecule has 1 unspecified atom stereocenters. The van der Waals surface area contributed by atoms with E-state index in [0.717, 1.165) is 16.1 Å². The Hall–Kier alpha value is -2.68.